The first-order valence-electron chi connectivity index (χ1n) is 5.20. The van der Waals surface area contributed by atoms with Gasteiger partial charge in [-0.3, -0.25) is 4.79 Å². The maximum absolute atomic E-state index is 10.8. The molecule has 17 heavy (non-hydrogen) atoms. The summed E-state index contributed by atoms with van der Waals surface area (Å²) in [6.07, 6.45) is 5.21. The highest BCUT2D eigenvalue weighted by Gasteiger charge is 1.97. The van der Waals surface area contributed by atoms with Gasteiger partial charge >= 0.3 is 0 Å². The van der Waals surface area contributed by atoms with Crippen molar-refractivity contribution in [1.29, 1.82) is 0 Å². The Kier molecular flexibility index (Phi) is 3.40. The van der Waals surface area contributed by atoms with E-state index >= 15 is 0 Å². The zero-order valence-electron chi connectivity index (χ0n) is 9.46. The fourth-order valence-corrected chi connectivity index (χ4v) is 1.35. The number of nitrogens with zero attached hydrogens (tertiary/aromatic N) is 2. The first-order chi connectivity index (χ1) is 8.24. The summed E-state index contributed by atoms with van der Waals surface area (Å²) in [5.41, 5.74) is 0.757. The molecule has 0 bridgehead atoms. The van der Waals surface area contributed by atoms with Crippen molar-refractivity contribution in [1.82, 2.24) is 9.55 Å². The van der Waals surface area contributed by atoms with Crippen LogP contribution in [0.1, 0.15) is 6.92 Å². The lowest BCUT2D eigenvalue weighted by Gasteiger charge is -2.07. The van der Waals surface area contributed by atoms with Gasteiger partial charge in [0.1, 0.15) is 5.75 Å². The fraction of sp³-hybridized carbons (Fsp3) is 0.167. The number of hydrogen-bond donors (Lipinski definition) is 1. The highest BCUT2D eigenvalue weighted by Crippen LogP contribution is 2.15. The second kappa shape index (κ2) is 5.16. The van der Waals surface area contributed by atoms with E-state index in [0.29, 0.717) is 6.73 Å². The summed E-state index contributed by atoms with van der Waals surface area (Å²) in [5.74, 6) is 0.657. The summed E-state index contributed by atoms with van der Waals surface area (Å²) in [7, 11) is 0. The van der Waals surface area contributed by atoms with E-state index in [4.69, 9.17) is 4.74 Å². The zero-order valence-corrected chi connectivity index (χ0v) is 9.46. The minimum atomic E-state index is -0.0860. The molecule has 0 saturated heterocycles. The highest BCUT2D eigenvalue weighted by atomic mass is 16.5. The molecule has 0 atom stereocenters. The molecular weight excluding hydrogens is 218 g/mol. The van der Waals surface area contributed by atoms with Crippen molar-refractivity contribution in [3.8, 4) is 5.75 Å². The van der Waals surface area contributed by atoms with Crippen LogP contribution in [0.15, 0.2) is 43.0 Å². The summed E-state index contributed by atoms with van der Waals surface area (Å²) in [6, 6.07) is 7.21. The number of rotatable bonds is 4. The standard InChI is InChI=1S/C12H13N3O2/c1-10(16)14-11-2-4-12(5-3-11)17-9-15-7-6-13-8-15/h2-8H,9H2,1H3,(H,14,16). The molecule has 0 aliphatic carbocycles. The third kappa shape index (κ3) is 3.34. The maximum Gasteiger partial charge on any atom is 0.221 e. The molecule has 88 valence electrons. The van der Waals surface area contributed by atoms with Crippen molar-refractivity contribution in [3.05, 3.63) is 43.0 Å². The van der Waals surface area contributed by atoms with Gasteiger partial charge in [-0.25, -0.2) is 4.98 Å². The minimum absolute atomic E-state index is 0.0860. The van der Waals surface area contributed by atoms with E-state index < -0.39 is 0 Å². The van der Waals surface area contributed by atoms with Crippen LogP contribution in [0.2, 0.25) is 0 Å². The minimum Gasteiger partial charge on any atom is -0.473 e. The predicted octanol–water partition coefficient (Wildman–Crippen LogP) is 1.88. The van der Waals surface area contributed by atoms with Crippen molar-refractivity contribution in [2.24, 2.45) is 0 Å². The Hall–Kier alpha value is -2.30. The highest BCUT2D eigenvalue weighted by molar-refractivity contribution is 5.88. The molecule has 0 aliphatic heterocycles. The lowest BCUT2D eigenvalue weighted by molar-refractivity contribution is -0.114. The van der Waals surface area contributed by atoms with Crippen LogP contribution in [-0.4, -0.2) is 15.5 Å². The van der Waals surface area contributed by atoms with Gasteiger partial charge in [0.05, 0.1) is 6.33 Å². The first-order valence-corrected chi connectivity index (χ1v) is 5.20. The molecule has 5 heteroatoms. The SMILES string of the molecule is CC(=O)Nc1ccc(OCn2ccnc2)cc1. The van der Waals surface area contributed by atoms with Crippen molar-refractivity contribution >= 4 is 11.6 Å². The van der Waals surface area contributed by atoms with E-state index in [1.54, 1.807) is 24.7 Å². The second-order valence-corrected chi connectivity index (χ2v) is 3.56. The molecule has 0 radical (unpaired) electrons. The molecule has 0 spiro atoms. The summed E-state index contributed by atoms with van der Waals surface area (Å²) in [6.45, 7) is 1.89. The number of nitrogens with one attached hydrogen (secondary N) is 1. The molecule has 5 nitrogen and oxygen atoms in total. The van der Waals surface area contributed by atoms with Gasteiger partial charge in [-0.15, -0.1) is 0 Å². The molecule has 1 aromatic carbocycles. The van der Waals surface area contributed by atoms with Gasteiger partial charge in [-0.05, 0) is 24.3 Å². The van der Waals surface area contributed by atoms with E-state index in [9.17, 15) is 4.79 Å². The van der Waals surface area contributed by atoms with Crippen LogP contribution in [0.3, 0.4) is 0 Å². The van der Waals surface area contributed by atoms with Crippen molar-refractivity contribution < 1.29 is 9.53 Å². The molecule has 2 rings (SSSR count). The molecule has 1 amide bonds. The molecule has 0 fully saturated rings. The largest absolute Gasteiger partial charge is 0.473 e. The molecule has 1 heterocycles. The van der Waals surface area contributed by atoms with Crippen molar-refractivity contribution in [2.45, 2.75) is 13.7 Å². The number of benzene rings is 1. The third-order valence-electron chi connectivity index (χ3n) is 2.11. The molecule has 2 aromatic rings. The Morgan fingerprint density at radius 1 is 1.41 bits per heavy atom. The smallest absolute Gasteiger partial charge is 0.221 e. The number of amides is 1. The van der Waals surface area contributed by atoms with Gasteiger partial charge in [0, 0.05) is 25.0 Å². The second-order valence-electron chi connectivity index (χ2n) is 3.56. The monoisotopic (exact) mass is 231 g/mol. The Morgan fingerprint density at radius 3 is 2.76 bits per heavy atom. The number of hydrogen-bond acceptors (Lipinski definition) is 3. The van der Waals surface area contributed by atoms with Crippen LogP contribution in [0.5, 0.6) is 5.75 Å². The van der Waals surface area contributed by atoms with Crippen LogP contribution in [-0.2, 0) is 11.5 Å². The van der Waals surface area contributed by atoms with E-state index in [1.165, 1.54) is 6.92 Å². The molecule has 1 aromatic heterocycles. The first kappa shape index (κ1) is 11.2. The average Bonchev–Trinajstić information content (AvgIpc) is 2.80. The Bertz CT molecular complexity index is 477. The lowest BCUT2D eigenvalue weighted by Crippen LogP contribution is -2.06. The number of ether oxygens (including phenoxy) is 1. The predicted molar refractivity (Wildman–Crippen MR) is 63.6 cm³/mol. The van der Waals surface area contributed by atoms with E-state index in [-0.39, 0.29) is 5.91 Å². The van der Waals surface area contributed by atoms with Crippen LogP contribution >= 0.6 is 0 Å². The number of imidazole rings is 1. The van der Waals surface area contributed by atoms with Gasteiger partial charge in [0.15, 0.2) is 6.73 Å². The quantitative estimate of drug-likeness (QED) is 0.874. The van der Waals surface area contributed by atoms with E-state index in [2.05, 4.69) is 10.3 Å². The van der Waals surface area contributed by atoms with Crippen LogP contribution < -0.4 is 10.1 Å². The van der Waals surface area contributed by atoms with Gasteiger partial charge in [0.25, 0.3) is 0 Å². The number of carbonyl (C=O) groups excluding carboxylic acids is 1. The summed E-state index contributed by atoms with van der Waals surface area (Å²) >= 11 is 0. The molecule has 0 saturated carbocycles. The van der Waals surface area contributed by atoms with Crippen molar-refractivity contribution in [2.75, 3.05) is 5.32 Å². The summed E-state index contributed by atoms with van der Waals surface area (Å²) in [4.78, 5) is 14.7. The van der Waals surface area contributed by atoms with Crippen molar-refractivity contribution in [3.63, 3.8) is 0 Å². The van der Waals surface area contributed by atoms with Gasteiger partial charge in [-0.2, -0.15) is 0 Å². The molecular formula is C12H13N3O2. The van der Waals surface area contributed by atoms with E-state index in [1.807, 2.05) is 22.9 Å². The van der Waals surface area contributed by atoms with Gasteiger partial charge in [-0.1, -0.05) is 0 Å². The van der Waals surface area contributed by atoms with Gasteiger partial charge in [0.2, 0.25) is 5.91 Å². The lowest BCUT2D eigenvalue weighted by atomic mass is 10.3. The van der Waals surface area contributed by atoms with Crippen LogP contribution in [0.25, 0.3) is 0 Å². The normalized spacial score (nSPS) is 9.94. The number of anilines is 1. The topological polar surface area (TPSA) is 56.1 Å². The molecule has 1 N–H and O–H groups in total. The molecule has 0 aliphatic rings. The zero-order chi connectivity index (χ0) is 12.1. The maximum atomic E-state index is 10.8. The van der Waals surface area contributed by atoms with Gasteiger partial charge < -0.3 is 14.6 Å². The Morgan fingerprint density at radius 2 is 2.18 bits per heavy atom. The summed E-state index contributed by atoms with van der Waals surface area (Å²) < 4.78 is 7.34. The summed E-state index contributed by atoms with van der Waals surface area (Å²) in [5, 5.41) is 2.69. The third-order valence-corrected chi connectivity index (χ3v) is 2.11. The number of carbonyl (C=O) groups is 1. The average molecular weight is 231 g/mol. The number of aromatic nitrogens is 2. The van der Waals surface area contributed by atoms with Crippen LogP contribution in [0, 0.1) is 0 Å². The van der Waals surface area contributed by atoms with Crippen LogP contribution in [0.4, 0.5) is 5.69 Å². The van der Waals surface area contributed by atoms with E-state index in [0.717, 1.165) is 11.4 Å². The Labute approximate surface area is 99.0 Å². The molecule has 0 unspecified atom stereocenters. The Balaban J connectivity index is 1.91. The fourth-order valence-electron chi connectivity index (χ4n) is 1.35.